The van der Waals surface area contributed by atoms with Crippen molar-refractivity contribution in [3.8, 4) is 0 Å². The Kier molecular flexibility index (Phi) is 4.68. The summed E-state index contributed by atoms with van der Waals surface area (Å²) in [6, 6.07) is 11.1. The lowest BCUT2D eigenvalue weighted by Gasteiger charge is -2.11. The molecule has 0 spiro atoms. The molecule has 2 rings (SSSR count). The molecule has 0 saturated carbocycles. The summed E-state index contributed by atoms with van der Waals surface area (Å²) in [6.45, 7) is 2.58. The summed E-state index contributed by atoms with van der Waals surface area (Å²) in [4.78, 5) is 11.1. The lowest BCUT2D eigenvalue weighted by atomic mass is 10.0. The number of primary amides is 1. The second kappa shape index (κ2) is 6.29. The summed E-state index contributed by atoms with van der Waals surface area (Å²) in [6.07, 6.45) is 0. The Hall–Kier alpha value is -1.52. The van der Waals surface area contributed by atoms with Gasteiger partial charge in [-0.15, -0.1) is 0 Å². The fourth-order valence-electron chi connectivity index (χ4n) is 1.87. The predicted molar refractivity (Wildman–Crippen MR) is 86.2 cm³/mol. The van der Waals surface area contributed by atoms with Gasteiger partial charge >= 0.3 is 0 Å². The molecule has 2 aromatic carbocycles. The molecule has 0 bridgehead atoms. The predicted octanol–water partition coefficient (Wildman–Crippen LogP) is 4.12. The van der Waals surface area contributed by atoms with Crippen LogP contribution in [0.5, 0.6) is 0 Å². The number of amides is 1. The smallest absolute Gasteiger partial charge is 0.248 e. The van der Waals surface area contributed by atoms with E-state index in [0.29, 0.717) is 17.1 Å². The molecule has 0 radical (unpaired) electrons. The van der Waals surface area contributed by atoms with Crippen molar-refractivity contribution in [3.05, 3.63) is 62.6 Å². The molecule has 20 heavy (non-hydrogen) atoms. The van der Waals surface area contributed by atoms with Crippen molar-refractivity contribution in [1.82, 2.24) is 0 Å². The van der Waals surface area contributed by atoms with Crippen LogP contribution in [0.1, 0.15) is 21.5 Å². The van der Waals surface area contributed by atoms with Gasteiger partial charge in [-0.3, -0.25) is 4.79 Å². The maximum Gasteiger partial charge on any atom is 0.248 e. The van der Waals surface area contributed by atoms with Gasteiger partial charge in [-0.25, -0.2) is 0 Å². The van der Waals surface area contributed by atoms with E-state index in [9.17, 15) is 4.79 Å². The van der Waals surface area contributed by atoms with E-state index in [1.165, 1.54) is 0 Å². The monoisotopic (exact) mass is 352 g/mol. The number of anilines is 1. The molecule has 5 heteroatoms. The quantitative estimate of drug-likeness (QED) is 0.868. The Morgan fingerprint density at radius 3 is 2.65 bits per heavy atom. The highest BCUT2D eigenvalue weighted by atomic mass is 79.9. The molecule has 0 heterocycles. The molecule has 3 N–H and O–H groups in total. The highest BCUT2D eigenvalue weighted by Gasteiger charge is 2.05. The van der Waals surface area contributed by atoms with Crippen molar-refractivity contribution < 1.29 is 4.79 Å². The molecule has 0 saturated heterocycles. The largest absolute Gasteiger partial charge is 0.380 e. The second-order valence-electron chi connectivity index (χ2n) is 4.48. The van der Waals surface area contributed by atoms with E-state index in [-0.39, 0.29) is 0 Å². The van der Waals surface area contributed by atoms with E-state index >= 15 is 0 Å². The maximum absolute atomic E-state index is 11.1. The Morgan fingerprint density at radius 1 is 1.30 bits per heavy atom. The molecule has 0 aliphatic carbocycles. The molecule has 0 aliphatic heterocycles. The minimum absolute atomic E-state index is 0.413. The first kappa shape index (κ1) is 14.9. The summed E-state index contributed by atoms with van der Waals surface area (Å²) in [5.74, 6) is -0.413. The van der Waals surface area contributed by atoms with Gasteiger partial charge in [0.05, 0.1) is 10.7 Å². The zero-order chi connectivity index (χ0) is 14.7. The number of aryl methyl sites for hydroxylation is 1. The van der Waals surface area contributed by atoms with Crippen molar-refractivity contribution >= 4 is 39.1 Å². The van der Waals surface area contributed by atoms with Crippen LogP contribution >= 0.6 is 27.5 Å². The minimum atomic E-state index is -0.413. The van der Waals surface area contributed by atoms with Gasteiger partial charge in [-0.1, -0.05) is 33.6 Å². The lowest BCUT2D eigenvalue weighted by molar-refractivity contribution is 0.1000. The van der Waals surface area contributed by atoms with Gasteiger partial charge in [0.15, 0.2) is 0 Å². The van der Waals surface area contributed by atoms with Crippen molar-refractivity contribution in [2.24, 2.45) is 5.73 Å². The Labute approximate surface area is 131 Å². The minimum Gasteiger partial charge on any atom is -0.380 e. The number of carbonyl (C=O) groups excluding carboxylic acids is 1. The standard InChI is InChI=1S/C15H14BrClN2O/c1-9-6-10(15(18)20)2-3-11(9)8-19-14-5-4-12(16)7-13(14)17/h2-7,19H,8H2,1H3,(H2,18,20). The van der Waals surface area contributed by atoms with Crippen LogP contribution < -0.4 is 11.1 Å². The van der Waals surface area contributed by atoms with Gasteiger partial charge < -0.3 is 11.1 Å². The Bertz CT molecular complexity index is 658. The summed E-state index contributed by atoms with van der Waals surface area (Å²) in [7, 11) is 0. The molecule has 104 valence electrons. The van der Waals surface area contributed by atoms with E-state index in [1.54, 1.807) is 12.1 Å². The zero-order valence-corrected chi connectivity index (χ0v) is 13.3. The lowest BCUT2D eigenvalue weighted by Crippen LogP contribution is -2.11. The first-order valence-corrected chi connectivity index (χ1v) is 7.22. The van der Waals surface area contributed by atoms with Crippen molar-refractivity contribution in [3.63, 3.8) is 0 Å². The molecule has 0 unspecified atom stereocenters. The third-order valence-corrected chi connectivity index (χ3v) is 3.83. The molecular weight excluding hydrogens is 340 g/mol. The number of benzene rings is 2. The molecule has 1 amide bonds. The van der Waals surface area contributed by atoms with Crippen molar-refractivity contribution in [2.45, 2.75) is 13.5 Å². The van der Waals surface area contributed by atoms with Crippen LogP contribution in [0.2, 0.25) is 5.02 Å². The van der Waals surface area contributed by atoms with Crippen LogP contribution in [-0.2, 0) is 6.54 Å². The molecular formula is C15H14BrClN2O. The highest BCUT2D eigenvalue weighted by molar-refractivity contribution is 9.10. The first-order valence-electron chi connectivity index (χ1n) is 6.05. The van der Waals surface area contributed by atoms with Crippen LogP contribution in [-0.4, -0.2) is 5.91 Å². The van der Waals surface area contributed by atoms with Gasteiger partial charge in [0.1, 0.15) is 0 Å². The maximum atomic E-state index is 11.1. The third kappa shape index (κ3) is 3.52. The van der Waals surface area contributed by atoms with E-state index in [0.717, 1.165) is 21.3 Å². The highest BCUT2D eigenvalue weighted by Crippen LogP contribution is 2.26. The van der Waals surface area contributed by atoms with Gasteiger partial charge in [0, 0.05) is 16.6 Å². The van der Waals surface area contributed by atoms with E-state index in [4.69, 9.17) is 17.3 Å². The van der Waals surface area contributed by atoms with Crippen LogP contribution in [0, 0.1) is 6.92 Å². The van der Waals surface area contributed by atoms with Gasteiger partial charge in [-0.05, 0) is 48.4 Å². The normalized spacial score (nSPS) is 10.3. The molecule has 2 aromatic rings. The molecule has 0 aromatic heterocycles. The van der Waals surface area contributed by atoms with E-state index in [1.807, 2.05) is 31.2 Å². The van der Waals surface area contributed by atoms with Crippen molar-refractivity contribution in [2.75, 3.05) is 5.32 Å². The van der Waals surface area contributed by atoms with Crippen LogP contribution in [0.15, 0.2) is 40.9 Å². The Morgan fingerprint density at radius 2 is 2.05 bits per heavy atom. The van der Waals surface area contributed by atoms with E-state index in [2.05, 4.69) is 21.2 Å². The number of nitrogens with one attached hydrogen (secondary N) is 1. The number of hydrogen-bond donors (Lipinski definition) is 2. The van der Waals surface area contributed by atoms with Gasteiger partial charge in [0.25, 0.3) is 0 Å². The van der Waals surface area contributed by atoms with Crippen molar-refractivity contribution in [1.29, 1.82) is 0 Å². The number of carbonyl (C=O) groups is 1. The fraction of sp³-hybridized carbons (Fsp3) is 0.133. The van der Waals surface area contributed by atoms with Crippen LogP contribution in [0.3, 0.4) is 0 Å². The summed E-state index contributed by atoms with van der Waals surface area (Å²) >= 11 is 9.52. The van der Waals surface area contributed by atoms with E-state index < -0.39 is 5.91 Å². The summed E-state index contributed by atoms with van der Waals surface area (Å²) in [5, 5.41) is 3.94. The number of halogens is 2. The molecule has 0 atom stereocenters. The fourth-order valence-corrected chi connectivity index (χ4v) is 2.61. The molecule has 0 aliphatic rings. The average molecular weight is 354 g/mol. The van der Waals surface area contributed by atoms with Crippen LogP contribution in [0.4, 0.5) is 5.69 Å². The van der Waals surface area contributed by atoms with Gasteiger partial charge in [-0.2, -0.15) is 0 Å². The number of nitrogens with two attached hydrogens (primary N) is 1. The number of hydrogen-bond acceptors (Lipinski definition) is 2. The summed E-state index contributed by atoms with van der Waals surface area (Å²) in [5.41, 5.74) is 8.75. The molecule has 0 fully saturated rings. The van der Waals surface area contributed by atoms with Crippen LogP contribution in [0.25, 0.3) is 0 Å². The van der Waals surface area contributed by atoms with Gasteiger partial charge in [0.2, 0.25) is 5.91 Å². The topological polar surface area (TPSA) is 55.1 Å². The third-order valence-electron chi connectivity index (χ3n) is 3.03. The SMILES string of the molecule is Cc1cc(C(N)=O)ccc1CNc1ccc(Br)cc1Cl. The second-order valence-corrected chi connectivity index (χ2v) is 5.81. The molecule has 3 nitrogen and oxygen atoms in total. The average Bonchev–Trinajstić information content (AvgIpc) is 2.38. The number of rotatable bonds is 4. The zero-order valence-electron chi connectivity index (χ0n) is 10.9. The first-order chi connectivity index (χ1) is 9.47. The Balaban J connectivity index is 2.13. The summed E-state index contributed by atoms with van der Waals surface area (Å²) < 4.78 is 0.940.